The van der Waals surface area contributed by atoms with Crippen LogP contribution in [0.4, 0.5) is 0 Å². The Hall–Kier alpha value is -0.373. The van der Waals surface area contributed by atoms with E-state index < -0.39 is 9.52 Å². The van der Waals surface area contributed by atoms with Gasteiger partial charge in [-0.3, -0.25) is 0 Å². The fraction of sp³-hybridized carbons (Fsp3) is 0. The number of carbonyl (C=O) groups is 1. The minimum Gasteiger partial charge on any atom is -0.309 e. The first-order valence-corrected chi connectivity index (χ1v) is 3.09. The van der Waals surface area contributed by atoms with Gasteiger partial charge in [0, 0.05) is 0 Å². The van der Waals surface area contributed by atoms with Crippen LogP contribution in [0.15, 0.2) is 12.3 Å². The van der Waals surface area contributed by atoms with Crippen molar-refractivity contribution in [3.05, 3.63) is 12.3 Å². The number of rotatable bonds is 2. The van der Waals surface area contributed by atoms with Crippen molar-refractivity contribution in [3.63, 3.8) is 0 Å². The van der Waals surface area contributed by atoms with Crippen LogP contribution in [0, 0.1) is 0 Å². The molecule has 1 nitrogen and oxygen atoms in total. The molecular weight excluding hydrogens is 80.1 g/mol. The van der Waals surface area contributed by atoms with Gasteiger partial charge in [0.25, 0.3) is 0 Å². The lowest BCUT2D eigenvalue weighted by molar-refractivity contribution is 0.568. The predicted octanol–water partition coefficient (Wildman–Crippen LogP) is -0.511. The van der Waals surface area contributed by atoms with Crippen LogP contribution in [0.1, 0.15) is 0 Å². The molecule has 2 heteroatoms. The topological polar surface area (TPSA) is 17.1 Å². The summed E-state index contributed by atoms with van der Waals surface area (Å²) in [7, 11) is -0.485. The highest BCUT2D eigenvalue weighted by molar-refractivity contribution is 6.70. The Morgan fingerprint density at radius 3 is 2.40 bits per heavy atom. The zero-order chi connectivity index (χ0) is 4.12. The molecule has 28 valence electrons. The highest BCUT2D eigenvalue weighted by Crippen LogP contribution is 1.45. The van der Waals surface area contributed by atoms with E-state index in [-0.39, 0.29) is 0 Å². The molecule has 0 spiro atoms. The third-order valence-corrected chi connectivity index (χ3v) is 0.789. The third kappa shape index (κ3) is 3.63. The molecule has 0 aliphatic heterocycles. The van der Waals surface area contributed by atoms with Crippen LogP contribution in [0.3, 0.4) is 0 Å². The molecule has 0 fully saturated rings. The SMILES string of the molecule is C=C[SiH2]C=O. The highest BCUT2D eigenvalue weighted by Gasteiger charge is 1.62. The van der Waals surface area contributed by atoms with E-state index in [2.05, 4.69) is 6.58 Å². The summed E-state index contributed by atoms with van der Waals surface area (Å²) in [6.07, 6.45) is 0. The maximum atomic E-state index is 9.40. The summed E-state index contributed by atoms with van der Waals surface area (Å²) in [6, 6.07) is 0. The van der Waals surface area contributed by atoms with Crippen molar-refractivity contribution in [3.8, 4) is 0 Å². The summed E-state index contributed by atoms with van der Waals surface area (Å²) in [5.74, 6) is 0.951. The van der Waals surface area contributed by atoms with E-state index in [0.717, 1.165) is 5.91 Å². The van der Waals surface area contributed by atoms with Gasteiger partial charge in [0.15, 0.2) is 0 Å². The quantitative estimate of drug-likeness (QED) is 0.327. The minimum atomic E-state index is -0.485. The molecule has 0 saturated carbocycles. The summed E-state index contributed by atoms with van der Waals surface area (Å²) >= 11 is 0. The fourth-order valence-electron chi connectivity index (χ4n) is 0.0680. The second-order valence-corrected chi connectivity index (χ2v) is 2.07. The molecule has 0 amide bonds. The van der Waals surface area contributed by atoms with Crippen LogP contribution in [0.25, 0.3) is 0 Å². The van der Waals surface area contributed by atoms with E-state index in [1.165, 1.54) is 0 Å². The average Bonchev–Trinajstić information content (AvgIpc) is 1.41. The highest BCUT2D eigenvalue weighted by atomic mass is 28.2. The summed E-state index contributed by atoms with van der Waals surface area (Å²) < 4.78 is 0. The Morgan fingerprint density at radius 1 is 1.80 bits per heavy atom. The molecule has 0 aromatic carbocycles. The number of hydrogen-bond acceptors (Lipinski definition) is 1. The lowest BCUT2D eigenvalue weighted by Gasteiger charge is -1.56. The van der Waals surface area contributed by atoms with E-state index in [1.807, 2.05) is 0 Å². The number of carbonyl (C=O) groups excluding carboxylic acids is 1. The van der Waals surface area contributed by atoms with Gasteiger partial charge in [-0.2, -0.15) is 0 Å². The Kier molecular flexibility index (Phi) is 3.36. The van der Waals surface area contributed by atoms with Crippen LogP contribution in [0.2, 0.25) is 0 Å². The normalized spacial score (nSPS) is 8.80. The van der Waals surface area contributed by atoms with Gasteiger partial charge in [-0.1, -0.05) is 0 Å². The molecule has 0 aliphatic carbocycles. The van der Waals surface area contributed by atoms with Gasteiger partial charge < -0.3 is 4.79 Å². The van der Waals surface area contributed by atoms with Gasteiger partial charge in [0.2, 0.25) is 0 Å². The summed E-state index contributed by atoms with van der Waals surface area (Å²) in [6.45, 7) is 3.38. The standard InChI is InChI=1S/C3H6OSi/c1-2-5-3-4/h2-3H,1,5H2. The van der Waals surface area contributed by atoms with Crippen LogP contribution < -0.4 is 0 Å². The van der Waals surface area contributed by atoms with Crippen molar-refractivity contribution in [2.75, 3.05) is 0 Å². The van der Waals surface area contributed by atoms with Crippen molar-refractivity contribution < 1.29 is 4.79 Å². The summed E-state index contributed by atoms with van der Waals surface area (Å²) in [5.41, 5.74) is 1.70. The maximum absolute atomic E-state index is 9.40. The van der Waals surface area contributed by atoms with Crippen LogP contribution in [-0.4, -0.2) is 15.4 Å². The molecule has 0 radical (unpaired) electrons. The Labute approximate surface area is 33.5 Å². The molecule has 0 heterocycles. The van der Waals surface area contributed by atoms with Crippen molar-refractivity contribution in [1.29, 1.82) is 0 Å². The van der Waals surface area contributed by atoms with Crippen LogP contribution in [-0.2, 0) is 4.79 Å². The Balaban J connectivity index is 2.65. The molecule has 0 bridgehead atoms. The Morgan fingerprint density at radius 2 is 2.40 bits per heavy atom. The Bertz CT molecular complexity index is 36.2. The van der Waals surface area contributed by atoms with Crippen molar-refractivity contribution >= 4 is 15.4 Å². The van der Waals surface area contributed by atoms with E-state index >= 15 is 0 Å². The van der Waals surface area contributed by atoms with E-state index in [4.69, 9.17) is 0 Å². The lowest BCUT2D eigenvalue weighted by atomic mass is 11.3. The molecule has 0 unspecified atom stereocenters. The van der Waals surface area contributed by atoms with Gasteiger partial charge in [0.05, 0.1) is 5.91 Å². The van der Waals surface area contributed by atoms with Crippen molar-refractivity contribution in [2.45, 2.75) is 0 Å². The van der Waals surface area contributed by atoms with Crippen LogP contribution in [0.5, 0.6) is 0 Å². The minimum absolute atomic E-state index is 0.485. The first kappa shape index (κ1) is 4.63. The molecule has 0 aromatic rings. The average molecular weight is 86.2 g/mol. The zero-order valence-corrected chi connectivity index (χ0v) is 4.39. The molecule has 0 aliphatic rings. The molecule has 0 saturated heterocycles. The van der Waals surface area contributed by atoms with Crippen molar-refractivity contribution in [2.24, 2.45) is 0 Å². The molecule has 0 N–H and O–H groups in total. The maximum Gasteiger partial charge on any atom is 0.119 e. The smallest absolute Gasteiger partial charge is 0.119 e. The molecular formula is C3H6OSi. The molecule has 0 atom stereocenters. The largest absolute Gasteiger partial charge is 0.309 e. The van der Waals surface area contributed by atoms with Gasteiger partial charge in [-0.25, -0.2) is 0 Å². The molecule has 5 heavy (non-hydrogen) atoms. The molecule has 0 rings (SSSR count). The fourth-order valence-corrected chi connectivity index (χ4v) is 0.204. The van der Waals surface area contributed by atoms with Crippen LogP contribution >= 0.6 is 0 Å². The van der Waals surface area contributed by atoms with E-state index in [1.54, 1.807) is 5.70 Å². The van der Waals surface area contributed by atoms with Gasteiger partial charge in [-0.15, -0.1) is 12.3 Å². The monoisotopic (exact) mass is 86.0 g/mol. The second-order valence-electron chi connectivity index (χ2n) is 0.691. The van der Waals surface area contributed by atoms with Crippen molar-refractivity contribution in [1.82, 2.24) is 0 Å². The zero-order valence-electron chi connectivity index (χ0n) is 2.98. The summed E-state index contributed by atoms with van der Waals surface area (Å²) in [4.78, 5) is 9.40. The summed E-state index contributed by atoms with van der Waals surface area (Å²) in [5, 5.41) is 0. The predicted molar refractivity (Wildman–Crippen MR) is 25.5 cm³/mol. The first-order chi connectivity index (χ1) is 2.41. The second kappa shape index (κ2) is 3.63. The lowest BCUT2D eigenvalue weighted by Crippen LogP contribution is -1.79. The third-order valence-electron chi connectivity index (χ3n) is 0.263. The van der Waals surface area contributed by atoms with Gasteiger partial charge in [-0.05, 0) is 0 Å². The first-order valence-electron chi connectivity index (χ1n) is 1.46. The van der Waals surface area contributed by atoms with E-state index in [9.17, 15) is 4.79 Å². The van der Waals surface area contributed by atoms with Gasteiger partial charge in [0.1, 0.15) is 9.52 Å². The van der Waals surface area contributed by atoms with E-state index in [0.29, 0.717) is 0 Å². The number of hydrogen-bond donors (Lipinski definition) is 0. The molecule has 0 aromatic heterocycles. The van der Waals surface area contributed by atoms with Gasteiger partial charge >= 0.3 is 0 Å².